The molecule has 0 unspecified atom stereocenters. The molecule has 3 aliphatic rings. The fraction of sp³-hybridized carbons (Fsp3) is 0.273. The van der Waals surface area contributed by atoms with E-state index in [-0.39, 0.29) is 27.1 Å². The zero-order valence-corrected chi connectivity index (χ0v) is 42.0. The Hall–Kier alpha value is -6.44. The summed E-state index contributed by atoms with van der Waals surface area (Å²) in [5, 5.41) is 0. The highest BCUT2D eigenvalue weighted by molar-refractivity contribution is 5.91. The molecule has 0 aliphatic heterocycles. The molecule has 0 amide bonds. The second kappa shape index (κ2) is 14.5. The Labute approximate surface area is 400 Å². The van der Waals surface area contributed by atoms with E-state index in [4.69, 9.17) is 0 Å². The van der Waals surface area contributed by atoms with Gasteiger partial charge in [-0.05, 0) is 172 Å². The molecular formula is C66H65N. The van der Waals surface area contributed by atoms with Crippen LogP contribution in [-0.4, -0.2) is 0 Å². The van der Waals surface area contributed by atoms with E-state index in [0.717, 1.165) is 17.1 Å². The average molecular weight is 872 g/mol. The molecule has 11 rings (SSSR count). The van der Waals surface area contributed by atoms with Gasteiger partial charge in [-0.2, -0.15) is 0 Å². The molecule has 8 aromatic rings. The monoisotopic (exact) mass is 872 g/mol. The predicted molar refractivity (Wildman–Crippen MR) is 287 cm³/mol. The third-order valence-electron chi connectivity index (χ3n) is 16.0. The molecule has 0 N–H and O–H groups in total. The SMILES string of the molecule is Cc1ccc(N(c2cc(-c3ccc4c(c3)C(C)(C)c3cc(C(C)(C)C)ccc3-4)cc(-c3ccc4c(c3)C(C)(C)c3cc(C(C)(C)C)ccc3-4)c2)c2ccc3c(c2)C(C)(C)c2ccccc2-3)cc1. The minimum atomic E-state index is -0.140. The summed E-state index contributed by atoms with van der Waals surface area (Å²) in [7, 11) is 0. The number of fused-ring (bicyclic) bond motifs is 9. The van der Waals surface area contributed by atoms with Crippen molar-refractivity contribution in [1.82, 2.24) is 0 Å². The Morgan fingerprint density at radius 3 is 1.19 bits per heavy atom. The summed E-state index contributed by atoms with van der Waals surface area (Å²) in [4.78, 5) is 2.49. The molecule has 0 saturated heterocycles. The van der Waals surface area contributed by atoms with Crippen molar-refractivity contribution in [1.29, 1.82) is 0 Å². The summed E-state index contributed by atoms with van der Waals surface area (Å²) in [5.41, 5.74) is 28.5. The van der Waals surface area contributed by atoms with Crippen molar-refractivity contribution in [2.75, 3.05) is 4.90 Å². The Morgan fingerprint density at radius 2 is 0.701 bits per heavy atom. The zero-order valence-electron chi connectivity index (χ0n) is 42.0. The summed E-state index contributed by atoms with van der Waals surface area (Å²) >= 11 is 0. The molecule has 67 heavy (non-hydrogen) atoms. The first-order valence-electron chi connectivity index (χ1n) is 24.5. The van der Waals surface area contributed by atoms with Gasteiger partial charge >= 0.3 is 0 Å². The van der Waals surface area contributed by atoms with Gasteiger partial charge in [0.05, 0.1) is 0 Å². The van der Waals surface area contributed by atoms with E-state index >= 15 is 0 Å². The fourth-order valence-corrected chi connectivity index (χ4v) is 11.8. The van der Waals surface area contributed by atoms with Gasteiger partial charge in [0, 0.05) is 33.3 Å². The molecule has 1 heteroatoms. The van der Waals surface area contributed by atoms with Gasteiger partial charge in [-0.25, -0.2) is 0 Å². The Bertz CT molecular complexity index is 3190. The lowest BCUT2D eigenvalue weighted by molar-refractivity contribution is 0.584. The number of aryl methyl sites for hydroxylation is 1. The van der Waals surface area contributed by atoms with Crippen LogP contribution < -0.4 is 4.90 Å². The topological polar surface area (TPSA) is 3.24 Å². The van der Waals surface area contributed by atoms with E-state index in [1.165, 1.54) is 106 Å². The molecule has 0 radical (unpaired) electrons. The number of anilines is 3. The first-order chi connectivity index (χ1) is 31.6. The van der Waals surface area contributed by atoms with Crippen LogP contribution in [0.25, 0.3) is 55.6 Å². The van der Waals surface area contributed by atoms with Gasteiger partial charge in [0.15, 0.2) is 0 Å². The van der Waals surface area contributed by atoms with E-state index in [9.17, 15) is 0 Å². The quantitative estimate of drug-likeness (QED) is 0.167. The number of rotatable bonds is 5. The Balaban J connectivity index is 1.11. The standard InChI is InChI=1S/C66H65N/c1-40-18-24-47(25-19-40)67(48-26-31-55-50-16-14-15-17-56(50)64(8,9)61(55)39-48)49-33-43(41-20-27-51-53-29-22-45(62(2,3)4)37-59(53)65(10,11)57(51)35-41)32-44(34-49)42-21-28-52-54-30-23-46(63(5,6)7)38-60(54)66(12,13)58(52)36-42/h14-39H,1-13H3. The van der Waals surface area contributed by atoms with Crippen molar-refractivity contribution < 1.29 is 0 Å². The van der Waals surface area contributed by atoms with Crippen molar-refractivity contribution in [3.8, 4) is 55.6 Å². The van der Waals surface area contributed by atoms with Crippen LogP contribution >= 0.6 is 0 Å². The molecule has 0 saturated carbocycles. The van der Waals surface area contributed by atoms with Gasteiger partial charge in [0.2, 0.25) is 0 Å². The van der Waals surface area contributed by atoms with E-state index in [2.05, 4.69) is 253 Å². The third-order valence-corrected chi connectivity index (χ3v) is 16.0. The molecular weight excluding hydrogens is 807 g/mol. The second-order valence-corrected chi connectivity index (χ2v) is 23.6. The molecule has 8 aromatic carbocycles. The first kappa shape index (κ1) is 43.1. The van der Waals surface area contributed by atoms with E-state index in [1.807, 2.05) is 0 Å². The van der Waals surface area contributed by atoms with E-state index < -0.39 is 0 Å². The van der Waals surface area contributed by atoms with Crippen LogP contribution in [0.4, 0.5) is 17.1 Å². The van der Waals surface area contributed by atoms with E-state index in [1.54, 1.807) is 0 Å². The van der Waals surface area contributed by atoms with Gasteiger partial charge in [-0.15, -0.1) is 0 Å². The maximum absolute atomic E-state index is 2.50. The van der Waals surface area contributed by atoms with Gasteiger partial charge in [0.1, 0.15) is 0 Å². The normalized spacial score (nSPS) is 15.6. The summed E-state index contributed by atoms with van der Waals surface area (Å²) in [5.74, 6) is 0. The lowest BCUT2D eigenvalue weighted by atomic mass is 9.78. The van der Waals surface area contributed by atoms with Gasteiger partial charge in [0.25, 0.3) is 0 Å². The van der Waals surface area contributed by atoms with Crippen LogP contribution in [0.1, 0.15) is 133 Å². The molecule has 0 aromatic heterocycles. The third kappa shape index (κ3) is 6.70. The molecule has 0 bridgehead atoms. The van der Waals surface area contributed by atoms with Crippen molar-refractivity contribution in [2.24, 2.45) is 0 Å². The minimum Gasteiger partial charge on any atom is -0.310 e. The van der Waals surface area contributed by atoms with Crippen molar-refractivity contribution in [3.05, 3.63) is 208 Å². The van der Waals surface area contributed by atoms with Crippen LogP contribution in [-0.2, 0) is 27.1 Å². The highest BCUT2D eigenvalue weighted by atomic mass is 15.1. The van der Waals surface area contributed by atoms with Crippen LogP contribution in [0, 0.1) is 6.92 Å². The number of benzene rings is 8. The smallest absolute Gasteiger partial charge is 0.0473 e. The van der Waals surface area contributed by atoms with Crippen LogP contribution in [0.15, 0.2) is 158 Å². The molecule has 0 atom stereocenters. The van der Waals surface area contributed by atoms with Crippen molar-refractivity contribution in [2.45, 2.75) is 117 Å². The molecule has 3 aliphatic carbocycles. The Morgan fingerprint density at radius 1 is 0.313 bits per heavy atom. The zero-order chi connectivity index (χ0) is 47.2. The van der Waals surface area contributed by atoms with Crippen molar-refractivity contribution >= 4 is 17.1 Å². The summed E-state index contributed by atoms with van der Waals surface area (Å²) in [6.07, 6.45) is 0. The number of nitrogens with zero attached hydrogens (tertiary/aromatic N) is 1. The molecule has 1 nitrogen and oxygen atoms in total. The van der Waals surface area contributed by atoms with Crippen LogP contribution in [0.5, 0.6) is 0 Å². The largest absolute Gasteiger partial charge is 0.310 e. The Kier molecular flexibility index (Phi) is 9.36. The highest BCUT2D eigenvalue weighted by Gasteiger charge is 2.39. The lowest BCUT2D eigenvalue weighted by Crippen LogP contribution is -2.17. The van der Waals surface area contributed by atoms with Gasteiger partial charge < -0.3 is 4.90 Å². The van der Waals surface area contributed by atoms with Crippen LogP contribution in [0.3, 0.4) is 0 Å². The van der Waals surface area contributed by atoms with E-state index in [0.29, 0.717) is 0 Å². The van der Waals surface area contributed by atoms with Gasteiger partial charge in [-0.3, -0.25) is 0 Å². The molecule has 0 spiro atoms. The maximum atomic E-state index is 2.50. The maximum Gasteiger partial charge on any atom is 0.0473 e. The van der Waals surface area contributed by atoms with Crippen molar-refractivity contribution in [3.63, 3.8) is 0 Å². The summed E-state index contributed by atoms with van der Waals surface area (Å²) in [6, 6.07) is 61.4. The molecule has 0 heterocycles. The number of hydrogen-bond donors (Lipinski definition) is 0. The number of hydrogen-bond acceptors (Lipinski definition) is 1. The summed E-state index contributed by atoms with van der Waals surface area (Å²) < 4.78 is 0. The predicted octanol–water partition coefficient (Wildman–Crippen LogP) is 18.3. The second-order valence-electron chi connectivity index (χ2n) is 23.6. The summed E-state index contributed by atoms with van der Waals surface area (Å²) in [6.45, 7) is 30.5. The highest BCUT2D eigenvalue weighted by Crippen LogP contribution is 2.54. The lowest BCUT2D eigenvalue weighted by Gasteiger charge is -2.29. The first-order valence-corrected chi connectivity index (χ1v) is 24.5. The minimum absolute atomic E-state index is 0.0781. The molecule has 334 valence electrons. The fourth-order valence-electron chi connectivity index (χ4n) is 11.8. The van der Waals surface area contributed by atoms with Gasteiger partial charge in [-0.1, -0.05) is 192 Å². The van der Waals surface area contributed by atoms with Crippen LogP contribution in [0.2, 0.25) is 0 Å². The average Bonchev–Trinajstić information content (AvgIpc) is 3.77. The molecule has 0 fully saturated rings.